The van der Waals surface area contributed by atoms with Gasteiger partial charge in [0.25, 0.3) is 0 Å². The van der Waals surface area contributed by atoms with Crippen LogP contribution in [-0.4, -0.2) is 43.0 Å². The molecule has 2 amide bonds. The van der Waals surface area contributed by atoms with E-state index in [-0.39, 0.29) is 13.1 Å². The number of carbonyl (C=O) groups is 2. The van der Waals surface area contributed by atoms with Gasteiger partial charge in [0.15, 0.2) is 0 Å². The second kappa shape index (κ2) is 7.75. The Morgan fingerprint density at radius 1 is 1.21 bits per heavy atom. The fourth-order valence-electron chi connectivity index (χ4n) is 1.50. The van der Waals surface area contributed by atoms with Crippen molar-refractivity contribution in [3.8, 4) is 5.75 Å². The largest absolute Gasteiger partial charge is 0.492 e. The minimum absolute atomic E-state index is 0.0230. The highest BCUT2D eigenvalue weighted by molar-refractivity contribution is 9.10. The van der Waals surface area contributed by atoms with Gasteiger partial charge >= 0.3 is 0 Å². The van der Waals surface area contributed by atoms with Crippen LogP contribution in [0.4, 0.5) is 0 Å². The van der Waals surface area contributed by atoms with Gasteiger partial charge in [0.05, 0.1) is 13.1 Å². The molecule has 4 N–H and O–H groups in total. The molecule has 0 aliphatic carbocycles. The third-order valence-corrected chi connectivity index (χ3v) is 2.72. The number of halogens is 1. The van der Waals surface area contributed by atoms with Gasteiger partial charge in [0, 0.05) is 11.0 Å². The van der Waals surface area contributed by atoms with Crippen molar-refractivity contribution in [2.75, 3.05) is 26.2 Å². The van der Waals surface area contributed by atoms with Crippen molar-refractivity contribution < 1.29 is 14.3 Å². The van der Waals surface area contributed by atoms with Gasteiger partial charge in [-0.3, -0.25) is 14.5 Å². The molecule has 0 fully saturated rings. The molecule has 7 heteroatoms. The van der Waals surface area contributed by atoms with E-state index in [4.69, 9.17) is 16.2 Å². The van der Waals surface area contributed by atoms with E-state index < -0.39 is 11.8 Å². The molecule has 0 heterocycles. The first-order chi connectivity index (χ1) is 8.97. The zero-order valence-corrected chi connectivity index (χ0v) is 11.9. The molecule has 0 atom stereocenters. The van der Waals surface area contributed by atoms with E-state index in [0.29, 0.717) is 18.9 Å². The first-order valence-electron chi connectivity index (χ1n) is 5.64. The van der Waals surface area contributed by atoms with E-state index >= 15 is 0 Å². The molecule has 0 aliphatic rings. The quantitative estimate of drug-likeness (QED) is 0.706. The maximum absolute atomic E-state index is 10.9. The van der Waals surface area contributed by atoms with Gasteiger partial charge < -0.3 is 16.2 Å². The van der Waals surface area contributed by atoms with Crippen LogP contribution in [0.15, 0.2) is 28.7 Å². The summed E-state index contributed by atoms with van der Waals surface area (Å²) in [5.41, 5.74) is 10.2. The number of nitrogens with zero attached hydrogens (tertiary/aromatic N) is 1. The van der Waals surface area contributed by atoms with Gasteiger partial charge in [-0.05, 0) is 18.2 Å². The number of amides is 2. The summed E-state index contributed by atoms with van der Waals surface area (Å²) in [6.45, 7) is 0.672. The highest BCUT2D eigenvalue weighted by Gasteiger charge is 2.11. The molecule has 0 saturated carbocycles. The van der Waals surface area contributed by atoms with Crippen LogP contribution >= 0.6 is 15.9 Å². The van der Waals surface area contributed by atoms with Crippen molar-refractivity contribution in [2.24, 2.45) is 11.5 Å². The number of benzene rings is 1. The van der Waals surface area contributed by atoms with Crippen molar-refractivity contribution in [1.29, 1.82) is 0 Å². The summed E-state index contributed by atoms with van der Waals surface area (Å²) >= 11 is 3.34. The SMILES string of the molecule is NC(=O)CN(CCOc1cccc(Br)c1)CC(N)=O. The van der Waals surface area contributed by atoms with Crippen LogP contribution in [0.1, 0.15) is 0 Å². The number of nitrogens with two attached hydrogens (primary N) is 2. The fraction of sp³-hybridized carbons (Fsp3) is 0.333. The third-order valence-electron chi connectivity index (χ3n) is 2.23. The monoisotopic (exact) mass is 329 g/mol. The normalized spacial score (nSPS) is 10.4. The van der Waals surface area contributed by atoms with Crippen molar-refractivity contribution in [3.05, 3.63) is 28.7 Å². The molecule has 0 aliphatic heterocycles. The van der Waals surface area contributed by atoms with E-state index in [1.165, 1.54) is 0 Å². The molecular formula is C12H16BrN3O3. The Hall–Kier alpha value is -1.60. The van der Waals surface area contributed by atoms with Gasteiger partial charge in [-0.15, -0.1) is 0 Å². The summed E-state index contributed by atoms with van der Waals surface area (Å²) in [6.07, 6.45) is 0. The predicted octanol–water partition coefficient (Wildman–Crippen LogP) is 0.100. The molecule has 0 radical (unpaired) electrons. The number of rotatable bonds is 8. The molecule has 1 aromatic carbocycles. The lowest BCUT2D eigenvalue weighted by Crippen LogP contribution is -2.41. The summed E-state index contributed by atoms with van der Waals surface area (Å²) in [6, 6.07) is 7.38. The average Bonchev–Trinajstić information content (AvgIpc) is 2.27. The second-order valence-corrected chi connectivity index (χ2v) is 4.86. The molecule has 0 spiro atoms. The topological polar surface area (TPSA) is 98.7 Å². The molecule has 1 aromatic rings. The molecule has 19 heavy (non-hydrogen) atoms. The number of carbonyl (C=O) groups excluding carboxylic acids is 2. The first kappa shape index (κ1) is 15.5. The Labute approximate surface area is 119 Å². The van der Waals surface area contributed by atoms with Crippen LogP contribution in [0.2, 0.25) is 0 Å². The summed E-state index contributed by atoms with van der Waals surface area (Å²) in [5, 5.41) is 0. The Kier molecular flexibility index (Phi) is 6.31. The summed E-state index contributed by atoms with van der Waals surface area (Å²) < 4.78 is 6.42. The molecule has 0 aromatic heterocycles. The number of hydrogen-bond donors (Lipinski definition) is 2. The highest BCUT2D eigenvalue weighted by atomic mass is 79.9. The Bertz CT molecular complexity index is 438. The van der Waals surface area contributed by atoms with E-state index in [1.54, 1.807) is 4.90 Å². The highest BCUT2D eigenvalue weighted by Crippen LogP contribution is 2.17. The van der Waals surface area contributed by atoms with Gasteiger partial charge in [-0.25, -0.2) is 0 Å². The van der Waals surface area contributed by atoms with E-state index in [9.17, 15) is 9.59 Å². The second-order valence-electron chi connectivity index (χ2n) is 3.95. The van der Waals surface area contributed by atoms with Gasteiger partial charge in [-0.2, -0.15) is 0 Å². The lowest BCUT2D eigenvalue weighted by molar-refractivity contribution is -0.122. The zero-order chi connectivity index (χ0) is 14.3. The van der Waals surface area contributed by atoms with E-state index in [2.05, 4.69) is 15.9 Å². The predicted molar refractivity (Wildman–Crippen MR) is 74.5 cm³/mol. The average molecular weight is 330 g/mol. The Morgan fingerprint density at radius 3 is 2.37 bits per heavy atom. The molecule has 0 unspecified atom stereocenters. The maximum atomic E-state index is 10.9. The van der Waals surface area contributed by atoms with Crippen molar-refractivity contribution in [1.82, 2.24) is 4.90 Å². The number of primary amides is 2. The van der Waals surface area contributed by atoms with E-state index in [0.717, 1.165) is 4.47 Å². The van der Waals surface area contributed by atoms with Crippen LogP contribution in [0.5, 0.6) is 5.75 Å². The lowest BCUT2D eigenvalue weighted by Gasteiger charge is -2.18. The van der Waals surface area contributed by atoms with Crippen LogP contribution in [0.3, 0.4) is 0 Å². The van der Waals surface area contributed by atoms with Gasteiger partial charge in [-0.1, -0.05) is 22.0 Å². The smallest absolute Gasteiger partial charge is 0.231 e. The lowest BCUT2D eigenvalue weighted by atomic mass is 10.3. The van der Waals surface area contributed by atoms with Crippen molar-refractivity contribution in [3.63, 3.8) is 0 Å². The molecular weight excluding hydrogens is 314 g/mol. The first-order valence-corrected chi connectivity index (χ1v) is 6.44. The van der Waals surface area contributed by atoms with Crippen LogP contribution in [0, 0.1) is 0 Å². The molecule has 0 saturated heterocycles. The van der Waals surface area contributed by atoms with Crippen LogP contribution in [-0.2, 0) is 9.59 Å². The zero-order valence-electron chi connectivity index (χ0n) is 10.3. The third kappa shape index (κ3) is 6.78. The van der Waals surface area contributed by atoms with Gasteiger partial charge in [0.2, 0.25) is 11.8 Å². The standard InChI is InChI=1S/C12H16BrN3O3/c13-9-2-1-3-10(6-9)19-5-4-16(7-11(14)17)8-12(15)18/h1-3,6H,4-5,7-8H2,(H2,14,17)(H2,15,18). The molecule has 0 bridgehead atoms. The number of ether oxygens (including phenoxy) is 1. The minimum atomic E-state index is -0.510. The molecule has 104 valence electrons. The number of hydrogen-bond acceptors (Lipinski definition) is 4. The molecule has 1 rings (SSSR count). The molecule has 6 nitrogen and oxygen atoms in total. The van der Waals surface area contributed by atoms with Crippen molar-refractivity contribution >= 4 is 27.7 Å². The summed E-state index contributed by atoms with van der Waals surface area (Å²) in [7, 11) is 0. The summed E-state index contributed by atoms with van der Waals surface area (Å²) in [4.78, 5) is 23.2. The summed E-state index contributed by atoms with van der Waals surface area (Å²) in [5.74, 6) is -0.320. The van der Waals surface area contributed by atoms with Crippen LogP contribution < -0.4 is 16.2 Å². The Morgan fingerprint density at radius 2 is 1.84 bits per heavy atom. The minimum Gasteiger partial charge on any atom is -0.492 e. The van der Waals surface area contributed by atoms with E-state index in [1.807, 2.05) is 24.3 Å². The fourth-order valence-corrected chi connectivity index (χ4v) is 1.88. The van der Waals surface area contributed by atoms with Crippen molar-refractivity contribution in [2.45, 2.75) is 0 Å². The Balaban J connectivity index is 2.43. The van der Waals surface area contributed by atoms with Crippen LogP contribution in [0.25, 0.3) is 0 Å². The van der Waals surface area contributed by atoms with Gasteiger partial charge in [0.1, 0.15) is 12.4 Å². The maximum Gasteiger partial charge on any atom is 0.231 e.